The number of aryl methyl sites for hydroxylation is 3. The number of fused-ring (bicyclic) bond motifs is 1. The van der Waals surface area contributed by atoms with E-state index in [1.165, 1.54) is 48.3 Å². The number of nitrogens with zero attached hydrogens (tertiary/aromatic N) is 9. The Morgan fingerprint density at radius 1 is 0.881 bits per heavy atom. The van der Waals surface area contributed by atoms with Crippen LogP contribution in [0.5, 0.6) is 0 Å². The molecule has 4 fully saturated rings. The van der Waals surface area contributed by atoms with Crippen molar-refractivity contribution in [1.82, 2.24) is 39.5 Å². The summed E-state index contributed by atoms with van der Waals surface area (Å²) in [6.07, 6.45) is 10.8. The number of nitrogens with one attached hydrogen (secondary N) is 2. The van der Waals surface area contributed by atoms with E-state index in [0.717, 1.165) is 134 Å². The molecule has 11 nitrogen and oxygen atoms in total. The minimum absolute atomic E-state index is 0.249. The highest BCUT2D eigenvalue weighted by Gasteiger charge is 2.30. The Morgan fingerprint density at radius 2 is 1.68 bits per heavy atom. The van der Waals surface area contributed by atoms with E-state index in [0.29, 0.717) is 12.0 Å². The lowest BCUT2D eigenvalue weighted by Crippen LogP contribution is -2.53. The van der Waals surface area contributed by atoms with E-state index < -0.39 is 0 Å². The third-order valence-electron chi connectivity index (χ3n) is 13.2. The SMILES string of the molecule is C=C1CCC(c2ccc(N3CCC(N4CCN(c5ccc6nc(NC(=C)c7cc(C)nc(-c8cnn(C)c8CCC)c7)n(CC7CC7)c6c5)CC4)CC3)c(C)n2)C(=C)N1. The maximum atomic E-state index is 5.15. The summed E-state index contributed by atoms with van der Waals surface area (Å²) in [5, 5.41) is 11.6. The Bertz CT molecular complexity index is 2380. The summed E-state index contributed by atoms with van der Waals surface area (Å²) in [6, 6.07) is 16.2. The van der Waals surface area contributed by atoms with E-state index in [2.05, 4.69) is 111 Å². The number of piperazine rings is 1. The highest BCUT2D eigenvalue weighted by atomic mass is 15.3. The summed E-state index contributed by atoms with van der Waals surface area (Å²) < 4.78 is 4.37. The van der Waals surface area contributed by atoms with Crippen molar-refractivity contribution in [1.29, 1.82) is 0 Å². The standard InChI is InChI=1S/C48H61N11/c1-8-9-46-41(29-49-55(46)7)44-27-37(26-32(3)51-44)33(4)53-48-54-43-15-13-39(28-47(43)59(48)30-36-11-12-36)57-24-22-56(23-25-57)38-18-20-58(21-19-38)45-17-16-42(52-35(45)6)40-14-10-31(2)50-34(40)5/h13,15-17,26-29,36,38,40,50H,2,4-5,8-12,14,18-25,30H2,1,3,6-7H3,(H,53,54). The van der Waals surface area contributed by atoms with Crippen LogP contribution >= 0.6 is 0 Å². The van der Waals surface area contributed by atoms with Gasteiger partial charge in [-0.1, -0.05) is 33.1 Å². The van der Waals surface area contributed by atoms with Gasteiger partial charge in [-0.25, -0.2) is 4.98 Å². The number of hydrogen-bond donors (Lipinski definition) is 2. The number of aromatic nitrogens is 6. The van der Waals surface area contributed by atoms with Crippen LogP contribution in [-0.4, -0.2) is 79.5 Å². The molecule has 1 saturated carbocycles. The molecule has 1 unspecified atom stereocenters. The topological polar surface area (TPSA) is 95.2 Å². The van der Waals surface area contributed by atoms with Crippen molar-refractivity contribution in [3.63, 3.8) is 0 Å². The molecule has 0 bridgehead atoms. The largest absolute Gasteiger partial charge is 0.370 e. The van der Waals surface area contributed by atoms with E-state index >= 15 is 0 Å². The molecule has 0 radical (unpaired) electrons. The molecule has 7 heterocycles. The second-order valence-electron chi connectivity index (χ2n) is 17.5. The number of allylic oxidation sites excluding steroid dienone is 2. The molecular weight excluding hydrogens is 731 g/mol. The molecule has 308 valence electrons. The summed E-state index contributed by atoms with van der Waals surface area (Å²) in [7, 11) is 2.01. The molecule has 3 aliphatic heterocycles. The number of anilines is 3. The van der Waals surface area contributed by atoms with Crippen LogP contribution in [0.15, 0.2) is 79.8 Å². The molecule has 1 aromatic carbocycles. The van der Waals surface area contributed by atoms with Gasteiger partial charge in [-0.05, 0) is 107 Å². The fourth-order valence-corrected chi connectivity index (χ4v) is 9.66. The van der Waals surface area contributed by atoms with Gasteiger partial charge in [0.1, 0.15) is 0 Å². The van der Waals surface area contributed by atoms with Gasteiger partial charge in [0, 0.05) is 116 Å². The van der Waals surface area contributed by atoms with E-state index in [1.54, 1.807) is 0 Å². The Hall–Kier alpha value is -5.42. The monoisotopic (exact) mass is 792 g/mol. The first-order chi connectivity index (χ1) is 28.6. The highest BCUT2D eigenvalue weighted by molar-refractivity contribution is 5.85. The van der Waals surface area contributed by atoms with Crippen molar-refractivity contribution in [2.45, 2.75) is 90.6 Å². The van der Waals surface area contributed by atoms with E-state index in [1.807, 2.05) is 24.9 Å². The van der Waals surface area contributed by atoms with Crippen LogP contribution in [-0.2, 0) is 20.0 Å². The van der Waals surface area contributed by atoms with Crippen molar-refractivity contribution in [2.24, 2.45) is 13.0 Å². The first kappa shape index (κ1) is 39.1. The third kappa shape index (κ3) is 8.14. The maximum Gasteiger partial charge on any atom is 0.208 e. The fraction of sp³-hybridized carbons (Fsp3) is 0.458. The number of benzene rings is 1. The van der Waals surface area contributed by atoms with Crippen molar-refractivity contribution in [3.05, 3.63) is 108 Å². The molecule has 0 amide bonds. The first-order valence-corrected chi connectivity index (χ1v) is 21.9. The van der Waals surface area contributed by atoms with Crippen molar-refractivity contribution in [3.8, 4) is 11.3 Å². The molecule has 4 aliphatic rings. The second kappa shape index (κ2) is 16.3. The third-order valence-corrected chi connectivity index (χ3v) is 13.2. The lowest BCUT2D eigenvalue weighted by molar-refractivity contribution is 0.160. The number of imidazole rings is 1. The van der Waals surface area contributed by atoms with E-state index in [9.17, 15) is 0 Å². The molecule has 11 heteroatoms. The lowest BCUT2D eigenvalue weighted by atomic mass is 9.91. The van der Waals surface area contributed by atoms with Crippen LogP contribution in [0, 0.1) is 19.8 Å². The van der Waals surface area contributed by atoms with Crippen molar-refractivity contribution >= 4 is 34.1 Å². The molecule has 9 rings (SSSR count). The van der Waals surface area contributed by atoms with Crippen LogP contribution in [0.1, 0.15) is 86.1 Å². The zero-order valence-corrected chi connectivity index (χ0v) is 35.6. The summed E-state index contributed by atoms with van der Waals surface area (Å²) >= 11 is 0. The normalized spacial score (nSPS) is 19.4. The summed E-state index contributed by atoms with van der Waals surface area (Å²) in [4.78, 5) is 23.0. The molecular formula is C48H61N11. The quantitative estimate of drug-likeness (QED) is 0.129. The van der Waals surface area contributed by atoms with Crippen LogP contribution in [0.3, 0.4) is 0 Å². The molecule has 1 atom stereocenters. The van der Waals surface area contributed by atoms with Gasteiger partial charge in [0.2, 0.25) is 5.95 Å². The van der Waals surface area contributed by atoms with Gasteiger partial charge >= 0.3 is 0 Å². The fourth-order valence-electron chi connectivity index (χ4n) is 9.66. The zero-order chi connectivity index (χ0) is 40.8. The lowest BCUT2D eigenvalue weighted by Gasteiger charge is -2.44. The van der Waals surface area contributed by atoms with Crippen LogP contribution in [0.2, 0.25) is 0 Å². The van der Waals surface area contributed by atoms with Crippen LogP contribution < -0.4 is 20.4 Å². The molecule has 5 aromatic rings. The summed E-state index contributed by atoms with van der Waals surface area (Å²) in [5.74, 6) is 1.80. The minimum Gasteiger partial charge on any atom is -0.370 e. The van der Waals surface area contributed by atoms with Crippen molar-refractivity contribution in [2.75, 3.05) is 54.4 Å². The van der Waals surface area contributed by atoms with Gasteiger partial charge < -0.3 is 25.0 Å². The Labute approximate surface area is 349 Å². The molecule has 4 aromatic heterocycles. The molecule has 3 saturated heterocycles. The number of piperidine rings is 2. The van der Waals surface area contributed by atoms with Gasteiger partial charge in [-0.3, -0.25) is 19.5 Å². The second-order valence-corrected chi connectivity index (χ2v) is 17.5. The number of rotatable bonds is 12. The smallest absolute Gasteiger partial charge is 0.208 e. The minimum atomic E-state index is 0.249. The van der Waals surface area contributed by atoms with E-state index in [4.69, 9.17) is 15.0 Å². The van der Waals surface area contributed by atoms with Gasteiger partial charge in [-0.2, -0.15) is 5.10 Å². The van der Waals surface area contributed by atoms with Gasteiger partial charge in [-0.15, -0.1) is 0 Å². The average Bonchev–Trinajstić information content (AvgIpc) is 3.90. The Morgan fingerprint density at radius 3 is 2.41 bits per heavy atom. The van der Waals surface area contributed by atoms with Crippen molar-refractivity contribution < 1.29 is 0 Å². The van der Waals surface area contributed by atoms with Crippen LogP contribution in [0.25, 0.3) is 28.0 Å². The van der Waals surface area contributed by atoms with Crippen LogP contribution in [0.4, 0.5) is 17.3 Å². The zero-order valence-electron chi connectivity index (χ0n) is 35.6. The molecule has 1 aliphatic carbocycles. The van der Waals surface area contributed by atoms with Gasteiger partial charge in [0.25, 0.3) is 0 Å². The number of pyridine rings is 2. The van der Waals surface area contributed by atoms with Gasteiger partial charge in [0.15, 0.2) is 0 Å². The predicted molar refractivity (Wildman–Crippen MR) is 242 cm³/mol. The molecule has 59 heavy (non-hydrogen) atoms. The highest BCUT2D eigenvalue weighted by Crippen LogP contribution is 2.37. The number of hydrogen-bond acceptors (Lipinski definition) is 9. The summed E-state index contributed by atoms with van der Waals surface area (Å²) in [5.41, 5.74) is 15.1. The van der Waals surface area contributed by atoms with Gasteiger partial charge in [0.05, 0.1) is 34.3 Å². The predicted octanol–water partition coefficient (Wildman–Crippen LogP) is 8.57. The molecule has 2 N–H and O–H groups in total. The first-order valence-electron chi connectivity index (χ1n) is 21.9. The maximum absolute atomic E-state index is 5.15. The van der Waals surface area contributed by atoms with E-state index in [-0.39, 0.29) is 5.92 Å². The Kier molecular flexibility index (Phi) is 10.8. The summed E-state index contributed by atoms with van der Waals surface area (Å²) in [6.45, 7) is 26.6. The Balaban J connectivity index is 0.843. The average molecular weight is 792 g/mol. The molecule has 0 spiro atoms.